The van der Waals surface area contributed by atoms with Crippen LogP contribution in [0.1, 0.15) is 31.9 Å². The van der Waals surface area contributed by atoms with Gasteiger partial charge in [0.15, 0.2) is 0 Å². The zero-order valence-corrected chi connectivity index (χ0v) is 10.2. The molecule has 0 spiro atoms. The third-order valence-electron chi connectivity index (χ3n) is 2.57. The van der Waals surface area contributed by atoms with Gasteiger partial charge in [0, 0.05) is 13.5 Å². The molecular weight excluding hydrogens is 188 g/mol. The maximum Gasteiger partial charge on any atom is 0.147 e. The molecule has 2 N–H and O–H groups in total. The molecule has 1 atom stereocenters. The average molecular weight is 210 g/mol. The minimum Gasteiger partial charge on any atom is -0.330 e. The Bertz CT molecular complexity index is 304. The summed E-state index contributed by atoms with van der Waals surface area (Å²) in [6.45, 7) is 7.10. The first-order valence-corrected chi connectivity index (χ1v) is 5.59. The fourth-order valence-corrected chi connectivity index (χ4v) is 1.92. The molecule has 4 heteroatoms. The number of hydrogen-bond acceptors (Lipinski definition) is 3. The Balaban J connectivity index is 2.62. The van der Waals surface area contributed by atoms with E-state index >= 15 is 0 Å². The van der Waals surface area contributed by atoms with Gasteiger partial charge >= 0.3 is 0 Å². The summed E-state index contributed by atoms with van der Waals surface area (Å²) >= 11 is 0. The maximum atomic E-state index is 5.77. The van der Waals surface area contributed by atoms with Crippen molar-refractivity contribution in [2.45, 2.75) is 33.6 Å². The van der Waals surface area contributed by atoms with Crippen molar-refractivity contribution in [1.29, 1.82) is 0 Å². The van der Waals surface area contributed by atoms with E-state index in [2.05, 4.69) is 23.9 Å². The molecule has 0 radical (unpaired) electrons. The van der Waals surface area contributed by atoms with Crippen LogP contribution in [0.5, 0.6) is 0 Å². The lowest BCUT2D eigenvalue weighted by Crippen LogP contribution is -2.20. The van der Waals surface area contributed by atoms with E-state index in [9.17, 15) is 0 Å². The van der Waals surface area contributed by atoms with E-state index < -0.39 is 0 Å². The van der Waals surface area contributed by atoms with E-state index in [4.69, 9.17) is 5.73 Å². The molecule has 0 aliphatic rings. The van der Waals surface area contributed by atoms with E-state index in [0.717, 1.165) is 31.0 Å². The van der Waals surface area contributed by atoms with Crippen molar-refractivity contribution in [3.8, 4) is 0 Å². The summed E-state index contributed by atoms with van der Waals surface area (Å²) in [6, 6.07) is 0. The average Bonchev–Trinajstić information content (AvgIpc) is 2.43. The molecule has 0 aliphatic carbocycles. The Kier molecular flexibility index (Phi) is 4.27. The van der Waals surface area contributed by atoms with Crippen molar-refractivity contribution in [1.82, 2.24) is 14.8 Å². The molecule has 1 unspecified atom stereocenters. The van der Waals surface area contributed by atoms with Crippen molar-refractivity contribution in [2.75, 3.05) is 6.54 Å². The van der Waals surface area contributed by atoms with Gasteiger partial charge in [-0.1, -0.05) is 13.8 Å². The molecule has 0 amide bonds. The van der Waals surface area contributed by atoms with Gasteiger partial charge in [0.2, 0.25) is 0 Å². The Hall–Kier alpha value is -0.900. The van der Waals surface area contributed by atoms with Gasteiger partial charge in [0.1, 0.15) is 11.6 Å². The van der Waals surface area contributed by atoms with Crippen LogP contribution in [-0.4, -0.2) is 21.3 Å². The highest BCUT2D eigenvalue weighted by atomic mass is 15.3. The van der Waals surface area contributed by atoms with Crippen LogP contribution in [0, 0.1) is 18.8 Å². The van der Waals surface area contributed by atoms with Crippen LogP contribution in [0.4, 0.5) is 0 Å². The van der Waals surface area contributed by atoms with Crippen LogP contribution >= 0.6 is 0 Å². The summed E-state index contributed by atoms with van der Waals surface area (Å²) in [5.41, 5.74) is 5.77. The minimum atomic E-state index is 0.521. The normalized spacial score (nSPS) is 13.5. The molecule has 4 nitrogen and oxygen atoms in total. The van der Waals surface area contributed by atoms with Gasteiger partial charge in [-0.25, -0.2) is 4.98 Å². The van der Waals surface area contributed by atoms with E-state index in [0.29, 0.717) is 11.8 Å². The van der Waals surface area contributed by atoms with Crippen LogP contribution in [0.2, 0.25) is 0 Å². The van der Waals surface area contributed by atoms with Crippen molar-refractivity contribution in [3.63, 3.8) is 0 Å². The molecule has 0 aliphatic heterocycles. The fraction of sp³-hybridized carbons (Fsp3) is 0.818. The maximum absolute atomic E-state index is 5.77. The molecule has 0 saturated carbocycles. The van der Waals surface area contributed by atoms with Crippen LogP contribution in [0.15, 0.2) is 0 Å². The number of nitrogens with zero attached hydrogens (tertiary/aromatic N) is 3. The zero-order chi connectivity index (χ0) is 11.4. The monoisotopic (exact) mass is 210 g/mol. The Morgan fingerprint density at radius 2 is 2.07 bits per heavy atom. The smallest absolute Gasteiger partial charge is 0.147 e. The fourth-order valence-electron chi connectivity index (χ4n) is 1.92. The lowest BCUT2D eigenvalue weighted by atomic mass is 9.94. The Morgan fingerprint density at radius 3 is 2.47 bits per heavy atom. The predicted octanol–water partition coefficient (Wildman–Crippen LogP) is 1.29. The van der Waals surface area contributed by atoms with Gasteiger partial charge in [-0.2, -0.15) is 5.10 Å². The van der Waals surface area contributed by atoms with Gasteiger partial charge in [-0.3, -0.25) is 4.68 Å². The second-order valence-electron chi connectivity index (χ2n) is 4.63. The largest absolute Gasteiger partial charge is 0.330 e. The Labute approximate surface area is 91.9 Å². The number of hydrogen-bond donors (Lipinski definition) is 1. The lowest BCUT2D eigenvalue weighted by Gasteiger charge is -2.15. The highest BCUT2D eigenvalue weighted by molar-refractivity contribution is 4.92. The summed E-state index contributed by atoms with van der Waals surface area (Å²) in [5, 5.41) is 4.24. The van der Waals surface area contributed by atoms with Gasteiger partial charge in [-0.05, 0) is 31.7 Å². The lowest BCUT2D eigenvalue weighted by molar-refractivity contribution is 0.403. The van der Waals surface area contributed by atoms with Crippen molar-refractivity contribution < 1.29 is 0 Å². The van der Waals surface area contributed by atoms with Crippen molar-refractivity contribution in [2.24, 2.45) is 24.6 Å². The molecule has 0 saturated heterocycles. The van der Waals surface area contributed by atoms with Crippen molar-refractivity contribution >= 4 is 0 Å². The van der Waals surface area contributed by atoms with Crippen molar-refractivity contribution in [3.05, 3.63) is 11.6 Å². The quantitative estimate of drug-likeness (QED) is 0.796. The molecule has 0 bridgehead atoms. The standard InChI is InChI=1S/C11H22N4/c1-8(2)5-10(7-12)6-11-13-9(3)14-15(11)4/h8,10H,5-7,12H2,1-4H3. The van der Waals surface area contributed by atoms with Gasteiger partial charge < -0.3 is 5.73 Å². The third-order valence-corrected chi connectivity index (χ3v) is 2.57. The minimum absolute atomic E-state index is 0.521. The van der Waals surface area contributed by atoms with Crippen LogP contribution in [0.25, 0.3) is 0 Å². The van der Waals surface area contributed by atoms with Crippen LogP contribution in [0.3, 0.4) is 0 Å². The first kappa shape index (κ1) is 12.2. The van der Waals surface area contributed by atoms with E-state index in [1.54, 1.807) is 0 Å². The first-order valence-electron chi connectivity index (χ1n) is 5.59. The SMILES string of the molecule is Cc1nc(CC(CN)CC(C)C)n(C)n1. The Morgan fingerprint density at radius 1 is 1.40 bits per heavy atom. The summed E-state index contributed by atoms with van der Waals surface area (Å²) in [7, 11) is 1.94. The number of aromatic nitrogens is 3. The molecule has 15 heavy (non-hydrogen) atoms. The summed E-state index contributed by atoms with van der Waals surface area (Å²) in [4.78, 5) is 4.40. The molecule has 1 heterocycles. The number of nitrogens with two attached hydrogens (primary N) is 1. The molecule has 1 aromatic rings. The highest BCUT2D eigenvalue weighted by Gasteiger charge is 2.13. The highest BCUT2D eigenvalue weighted by Crippen LogP contribution is 2.15. The van der Waals surface area contributed by atoms with Crippen LogP contribution in [-0.2, 0) is 13.5 Å². The second-order valence-corrected chi connectivity index (χ2v) is 4.63. The summed E-state index contributed by atoms with van der Waals surface area (Å²) < 4.78 is 1.86. The second kappa shape index (κ2) is 5.26. The number of rotatable bonds is 5. The van der Waals surface area contributed by atoms with Gasteiger partial charge in [-0.15, -0.1) is 0 Å². The van der Waals surface area contributed by atoms with E-state index in [1.807, 2.05) is 18.7 Å². The molecule has 86 valence electrons. The van der Waals surface area contributed by atoms with Gasteiger partial charge in [0.05, 0.1) is 0 Å². The third kappa shape index (κ3) is 3.63. The topological polar surface area (TPSA) is 56.7 Å². The van der Waals surface area contributed by atoms with E-state index in [1.165, 1.54) is 0 Å². The molecule has 0 fully saturated rings. The molecule has 1 aromatic heterocycles. The summed E-state index contributed by atoms with van der Waals surface area (Å²) in [5.74, 6) is 3.09. The molecule has 0 aromatic carbocycles. The van der Waals surface area contributed by atoms with E-state index in [-0.39, 0.29) is 0 Å². The molecule has 1 rings (SSSR count). The summed E-state index contributed by atoms with van der Waals surface area (Å²) in [6.07, 6.45) is 2.09. The predicted molar refractivity (Wildman–Crippen MR) is 61.4 cm³/mol. The first-order chi connectivity index (χ1) is 7.02. The number of aryl methyl sites for hydroxylation is 2. The zero-order valence-electron chi connectivity index (χ0n) is 10.2. The van der Waals surface area contributed by atoms with Gasteiger partial charge in [0.25, 0.3) is 0 Å². The van der Waals surface area contributed by atoms with Crippen LogP contribution < -0.4 is 5.73 Å². The molecular formula is C11H22N4.